The summed E-state index contributed by atoms with van der Waals surface area (Å²) in [6.07, 6.45) is 9.96. The predicted molar refractivity (Wildman–Crippen MR) is 132 cm³/mol. The number of halogens is 1. The molecule has 0 atom stereocenters. The van der Waals surface area contributed by atoms with Gasteiger partial charge < -0.3 is 20.2 Å². The van der Waals surface area contributed by atoms with Gasteiger partial charge in [-0.1, -0.05) is 32.1 Å². The van der Waals surface area contributed by atoms with Gasteiger partial charge in [0.1, 0.15) is 0 Å². The van der Waals surface area contributed by atoms with Crippen LogP contribution in [-0.2, 0) is 4.79 Å². The summed E-state index contributed by atoms with van der Waals surface area (Å²) in [5.74, 6) is 1.20. The fraction of sp³-hybridized carbons (Fsp3) is 0.909. The molecule has 2 saturated heterocycles. The smallest absolute Gasteiger partial charge is 0.236 e. The first-order chi connectivity index (χ1) is 14.1. The standard InChI is InChI=1S/C22H41N5O2.HI/c1-2-23-21(24-19-22(29)10-6-5-7-11-22)27-16-14-25(15-17-27)18-20(28)26-12-8-3-4-9-13-26;/h29H,2-19H2,1H3,(H,23,24);1H. The quantitative estimate of drug-likeness (QED) is 0.321. The second-order valence-corrected chi connectivity index (χ2v) is 9.01. The molecule has 2 heterocycles. The summed E-state index contributed by atoms with van der Waals surface area (Å²) >= 11 is 0. The fourth-order valence-corrected chi connectivity index (χ4v) is 4.75. The van der Waals surface area contributed by atoms with E-state index < -0.39 is 5.60 Å². The topological polar surface area (TPSA) is 71.4 Å². The maximum Gasteiger partial charge on any atom is 0.236 e. The zero-order valence-corrected chi connectivity index (χ0v) is 21.1. The summed E-state index contributed by atoms with van der Waals surface area (Å²) in [5.41, 5.74) is -0.625. The van der Waals surface area contributed by atoms with Crippen LogP contribution in [0.3, 0.4) is 0 Å². The van der Waals surface area contributed by atoms with Crippen LogP contribution in [0.5, 0.6) is 0 Å². The third-order valence-electron chi connectivity index (χ3n) is 6.63. The zero-order valence-electron chi connectivity index (χ0n) is 18.8. The number of piperazine rings is 1. The predicted octanol–water partition coefficient (Wildman–Crippen LogP) is 2.29. The van der Waals surface area contributed by atoms with E-state index in [9.17, 15) is 9.90 Å². The molecule has 7 nitrogen and oxygen atoms in total. The third-order valence-corrected chi connectivity index (χ3v) is 6.63. The summed E-state index contributed by atoms with van der Waals surface area (Å²) in [6.45, 7) is 9.31. The van der Waals surface area contributed by atoms with Crippen molar-refractivity contribution in [3.05, 3.63) is 0 Å². The van der Waals surface area contributed by atoms with E-state index >= 15 is 0 Å². The Kier molecular flexibility index (Phi) is 11.2. The minimum atomic E-state index is -0.625. The SMILES string of the molecule is CCNC(=NCC1(O)CCCCC1)N1CCN(CC(=O)N2CCCCCC2)CC1.I. The van der Waals surface area contributed by atoms with E-state index in [2.05, 4.69) is 26.9 Å². The Labute approximate surface area is 199 Å². The van der Waals surface area contributed by atoms with Crippen molar-refractivity contribution in [3.8, 4) is 0 Å². The number of carbonyl (C=O) groups is 1. The Morgan fingerprint density at radius 3 is 2.10 bits per heavy atom. The molecule has 3 aliphatic rings. The van der Waals surface area contributed by atoms with Crippen molar-refractivity contribution in [2.75, 3.05) is 58.9 Å². The van der Waals surface area contributed by atoms with Gasteiger partial charge in [0.25, 0.3) is 0 Å². The molecule has 8 heteroatoms. The first kappa shape index (κ1) is 25.6. The second kappa shape index (κ2) is 13.1. The van der Waals surface area contributed by atoms with Crippen LogP contribution in [-0.4, -0.2) is 96.2 Å². The minimum Gasteiger partial charge on any atom is -0.388 e. The van der Waals surface area contributed by atoms with Gasteiger partial charge in [-0.05, 0) is 32.6 Å². The van der Waals surface area contributed by atoms with E-state index in [0.29, 0.717) is 19.0 Å². The second-order valence-electron chi connectivity index (χ2n) is 9.01. The molecule has 0 aromatic rings. The third kappa shape index (κ3) is 7.82. The van der Waals surface area contributed by atoms with Crippen molar-refractivity contribution in [2.45, 2.75) is 70.3 Å². The molecular weight excluding hydrogens is 493 g/mol. The summed E-state index contributed by atoms with van der Waals surface area (Å²) in [6, 6.07) is 0. The molecule has 0 aromatic heterocycles. The Morgan fingerprint density at radius 2 is 1.50 bits per heavy atom. The first-order valence-electron chi connectivity index (χ1n) is 11.9. The molecule has 0 unspecified atom stereocenters. The number of likely N-dealkylation sites (tertiary alicyclic amines) is 1. The summed E-state index contributed by atoms with van der Waals surface area (Å²) in [4.78, 5) is 24.1. The van der Waals surface area contributed by atoms with Gasteiger partial charge in [0.15, 0.2) is 5.96 Å². The first-order valence-corrected chi connectivity index (χ1v) is 11.9. The molecule has 0 radical (unpaired) electrons. The maximum atomic E-state index is 12.7. The number of aliphatic imine (C=N–C) groups is 1. The lowest BCUT2D eigenvalue weighted by atomic mass is 9.85. The van der Waals surface area contributed by atoms with Gasteiger partial charge in [-0.2, -0.15) is 0 Å². The van der Waals surface area contributed by atoms with E-state index in [4.69, 9.17) is 4.99 Å². The highest BCUT2D eigenvalue weighted by atomic mass is 127. The van der Waals surface area contributed by atoms with Crippen LogP contribution >= 0.6 is 24.0 Å². The number of amides is 1. The Morgan fingerprint density at radius 1 is 0.900 bits per heavy atom. The van der Waals surface area contributed by atoms with Crippen molar-refractivity contribution in [2.24, 2.45) is 4.99 Å². The normalized spacial score (nSPS) is 23.5. The van der Waals surface area contributed by atoms with Crippen LogP contribution in [0.25, 0.3) is 0 Å². The van der Waals surface area contributed by atoms with Gasteiger partial charge in [0.2, 0.25) is 5.91 Å². The number of aliphatic hydroxyl groups is 1. The highest BCUT2D eigenvalue weighted by Gasteiger charge is 2.30. The van der Waals surface area contributed by atoms with E-state index in [1.807, 2.05) is 0 Å². The molecule has 2 aliphatic heterocycles. The minimum absolute atomic E-state index is 0. The van der Waals surface area contributed by atoms with Crippen molar-refractivity contribution >= 4 is 35.8 Å². The van der Waals surface area contributed by atoms with E-state index in [-0.39, 0.29) is 24.0 Å². The van der Waals surface area contributed by atoms with Gasteiger partial charge in [0.05, 0.1) is 18.7 Å². The summed E-state index contributed by atoms with van der Waals surface area (Å²) in [5, 5.41) is 14.2. The number of carbonyl (C=O) groups excluding carboxylic acids is 1. The van der Waals surface area contributed by atoms with Crippen LogP contribution in [0.4, 0.5) is 0 Å². The molecule has 0 bridgehead atoms. The number of nitrogens with zero attached hydrogens (tertiary/aromatic N) is 4. The van der Waals surface area contributed by atoms with Crippen LogP contribution in [0.1, 0.15) is 64.7 Å². The number of hydrogen-bond donors (Lipinski definition) is 2. The monoisotopic (exact) mass is 535 g/mol. The summed E-state index contributed by atoms with van der Waals surface area (Å²) in [7, 11) is 0. The largest absolute Gasteiger partial charge is 0.388 e. The molecule has 3 rings (SSSR count). The van der Waals surface area contributed by atoms with E-state index in [0.717, 1.165) is 90.3 Å². The molecule has 0 spiro atoms. The van der Waals surface area contributed by atoms with E-state index in [1.54, 1.807) is 0 Å². The van der Waals surface area contributed by atoms with Crippen molar-refractivity contribution in [3.63, 3.8) is 0 Å². The molecule has 174 valence electrons. The maximum absolute atomic E-state index is 12.7. The lowest BCUT2D eigenvalue weighted by Crippen LogP contribution is -2.54. The van der Waals surface area contributed by atoms with Crippen molar-refractivity contribution in [1.29, 1.82) is 0 Å². The Bertz CT molecular complexity index is 538. The van der Waals surface area contributed by atoms with Crippen LogP contribution < -0.4 is 5.32 Å². The number of hydrogen-bond acceptors (Lipinski definition) is 4. The molecule has 1 aliphatic carbocycles. The molecule has 30 heavy (non-hydrogen) atoms. The van der Waals surface area contributed by atoms with Gasteiger partial charge in [-0.15, -0.1) is 24.0 Å². The van der Waals surface area contributed by atoms with Crippen LogP contribution in [0.15, 0.2) is 4.99 Å². The van der Waals surface area contributed by atoms with E-state index in [1.165, 1.54) is 19.3 Å². The van der Waals surface area contributed by atoms with Crippen molar-refractivity contribution in [1.82, 2.24) is 20.0 Å². The molecule has 1 amide bonds. The zero-order chi connectivity index (χ0) is 20.5. The molecule has 0 aromatic carbocycles. The average molecular weight is 536 g/mol. The van der Waals surface area contributed by atoms with Crippen LogP contribution in [0.2, 0.25) is 0 Å². The number of guanidine groups is 1. The van der Waals surface area contributed by atoms with Gasteiger partial charge in [0, 0.05) is 45.8 Å². The Hall–Kier alpha value is -0.610. The molecular formula is C22H42IN5O2. The molecule has 3 fully saturated rings. The van der Waals surface area contributed by atoms with Gasteiger partial charge >= 0.3 is 0 Å². The van der Waals surface area contributed by atoms with Crippen molar-refractivity contribution < 1.29 is 9.90 Å². The molecule has 1 saturated carbocycles. The van der Waals surface area contributed by atoms with Gasteiger partial charge in [-0.3, -0.25) is 14.7 Å². The lowest BCUT2D eigenvalue weighted by Gasteiger charge is -2.37. The highest BCUT2D eigenvalue weighted by molar-refractivity contribution is 14.0. The highest BCUT2D eigenvalue weighted by Crippen LogP contribution is 2.28. The number of rotatable bonds is 5. The fourth-order valence-electron chi connectivity index (χ4n) is 4.75. The Balaban J connectivity index is 0.00000320. The lowest BCUT2D eigenvalue weighted by molar-refractivity contribution is -0.132. The average Bonchev–Trinajstić information content (AvgIpc) is 3.02. The van der Waals surface area contributed by atoms with Gasteiger partial charge in [-0.25, -0.2) is 0 Å². The number of nitrogens with one attached hydrogen (secondary N) is 1. The van der Waals surface area contributed by atoms with Crippen LogP contribution in [0, 0.1) is 0 Å². The molecule has 2 N–H and O–H groups in total. The summed E-state index contributed by atoms with van der Waals surface area (Å²) < 4.78 is 0.